The smallest absolute Gasteiger partial charge is 0.335 e. The SMILES string of the molecule is COc1ccc(C(=O)O)cc1.O.O.O.O.O. The van der Waals surface area contributed by atoms with Gasteiger partial charge in [0.15, 0.2) is 0 Å². The summed E-state index contributed by atoms with van der Waals surface area (Å²) in [5.74, 6) is -0.261. The molecule has 8 nitrogen and oxygen atoms in total. The summed E-state index contributed by atoms with van der Waals surface area (Å²) in [6, 6.07) is 6.23. The number of hydrogen-bond acceptors (Lipinski definition) is 2. The van der Waals surface area contributed by atoms with E-state index >= 15 is 0 Å². The molecule has 11 N–H and O–H groups in total. The molecule has 0 unspecified atom stereocenters. The van der Waals surface area contributed by atoms with Crippen LogP contribution in [0.15, 0.2) is 24.3 Å². The molecule has 0 fully saturated rings. The van der Waals surface area contributed by atoms with Crippen LogP contribution in [-0.4, -0.2) is 45.6 Å². The standard InChI is InChI=1S/C8H8O3.5H2O/c1-11-7-4-2-6(3-5-7)8(9)10;;;;;/h2-5H,1H3,(H,9,10);5*1H2. The van der Waals surface area contributed by atoms with Crippen molar-refractivity contribution in [2.24, 2.45) is 0 Å². The van der Waals surface area contributed by atoms with Crippen molar-refractivity contribution in [2.45, 2.75) is 0 Å². The summed E-state index contributed by atoms with van der Waals surface area (Å²) in [7, 11) is 1.54. The summed E-state index contributed by atoms with van der Waals surface area (Å²) in [6.07, 6.45) is 0. The Morgan fingerprint density at radius 3 is 1.62 bits per heavy atom. The van der Waals surface area contributed by atoms with Crippen LogP contribution in [0.2, 0.25) is 0 Å². The van der Waals surface area contributed by atoms with Gasteiger partial charge in [0, 0.05) is 0 Å². The van der Waals surface area contributed by atoms with Crippen LogP contribution in [0.5, 0.6) is 5.75 Å². The Kier molecular flexibility index (Phi) is 24.3. The Labute approximate surface area is 91.6 Å². The molecule has 98 valence electrons. The second-order valence-electron chi connectivity index (χ2n) is 2.03. The third-order valence-electron chi connectivity index (χ3n) is 1.34. The van der Waals surface area contributed by atoms with Gasteiger partial charge in [0.05, 0.1) is 12.7 Å². The number of benzene rings is 1. The van der Waals surface area contributed by atoms with Crippen LogP contribution < -0.4 is 4.74 Å². The maximum absolute atomic E-state index is 10.4. The molecule has 0 atom stereocenters. The molecule has 1 aromatic rings. The van der Waals surface area contributed by atoms with E-state index in [1.54, 1.807) is 12.1 Å². The van der Waals surface area contributed by atoms with Crippen LogP contribution in [0.4, 0.5) is 0 Å². The Morgan fingerprint density at radius 1 is 1.00 bits per heavy atom. The van der Waals surface area contributed by atoms with Crippen LogP contribution in [0.3, 0.4) is 0 Å². The average Bonchev–Trinajstić information content (AvgIpc) is 2.05. The van der Waals surface area contributed by atoms with Crippen molar-refractivity contribution in [2.75, 3.05) is 7.11 Å². The second-order valence-corrected chi connectivity index (χ2v) is 2.03. The van der Waals surface area contributed by atoms with E-state index in [1.807, 2.05) is 0 Å². The molecule has 0 amide bonds. The fourth-order valence-corrected chi connectivity index (χ4v) is 0.734. The van der Waals surface area contributed by atoms with Gasteiger partial charge in [0.2, 0.25) is 0 Å². The molecule has 0 saturated heterocycles. The van der Waals surface area contributed by atoms with E-state index in [0.29, 0.717) is 5.75 Å². The van der Waals surface area contributed by atoms with Crippen LogP contribution in [0.25, 0.3) is 0 Å². The molecule has 0 aliphatic carbocycles. The van der Waals surface area contributed by atoms with E-state index in [0.717, 1.165) is 0 Å². The molecule has 16 heavy (non-hydrogen) atoms. The minimum absolute atomic E-state index is 0. The van der Waals surface area contributed by atoms with Gasteiger partial charge < -0.3 is 37.2 Å². The van der Waals surface area contributed by atoms with Gasteiger partial charge in [-0.05, 0) is 24.3 Å². The van der Waals surface area contributed by atoms with Gasteiger partial charge in [-0.25, -0.2) is 4.79 Å². The van der Waals surface area contributed by atoms with E-state index in [9.17, 15) is 4.79 Å². The number of carboxylic acids is 1. The van der Waals surface area contributed by atoms with Crippen molar-refractivity contribution < 1.29 is 42.0 Å². The van der Waals surface area contributed by atoms with E-state index in [-0.39, 0.29) is 32.9 Å². The first-order valence-corrected chi connectivity index (χ1v) is 3.11. The van der Waals surface area contributed by atoms with E-state index < -0.39 is 5.97 Å². The monoisotopic (exact) mass is 242 g/mol. The average molecular weight is 242 g/mol. The van der Waals surface area contributed by atoms with Gasteiger partial charge in [-0.15, -0.1) is 0 Å². The summed E-state index contributed by atoms with van der Waals surface area (Å²) in [4.78, 5) is 10.4. The highest BCUT2D eigenvalue weighted by molar-refractivity contribution is 5.87. The summed E-state index contributed by atoms with van der Waals surface area (Å²) >= 11 is 0. The first kappa shape index (κ1) is 29.2. The zero-order valence-electron chi connectivity index (χ0n) is 8.57. The molecule has 0 spiro atoms. The number of carboxylic acid groups (broad SMARTS) is 1. The topological polar surface area (TPSA) is 204 Å². The molecule has 0 heterocycles. The van der Waals surface area contributed by atoms with Gasteiger partial charge in [-0.3, -0.25) is 0 Å². The molecular formula is C8H18O8. The largest absolute Gasteiger partial charge is 0.497 e. The van der Waals surface area contributed by atoms with Crippen LogP contribution in [0.1, 0.15) is 10.4 Å². The molecule has 0 aliphatic rings. The predicted molar refractivity (Wildman–Crippen MR) is 58.0 cm³/mol. The first-order valence-electron chi connectivity index (χ1n) is 3.11. The van der Waals surface area contributed by atoms with Crippen LogP contribution >= 0.6 is 0 Å². The van der Waals surface area contributed by atoms with Crippen molar-refractivity contribution in [3.05, 3.63) is 29.8 Å². The van der Waals surface area contributed by atoms with Crippen molar-refractivity contribution >= 4 is 5.97 Å². The highest BCUT2D eigenvalue weighted by atomic mass is 16.5. The summed E-state index contributed by atoms with van der Waals surface area (Å²) in [6.45, 7) is 0. The summed E-state index contributed by atoms with van der Waals surface area (Å²) in [5, 5.41) is 8.51. The molecule has 1 aromatic carbocycles. The van der Waals surface area contributed by atoms with Crippen molar-refractivity contribution in [3.63, 3.8) is 0 Å². The van der Waals surface area contributed by atoms with Crippen molar-refractivity contribution in [1.29, 1.82) is 0 Å². The van der Waals surface area contributed by atoms with Crippen molar-refractivity contribution in [1.82, 2.24) is 0 Å². The lowest BCUT2D eigenvalue weighted by Gasteiger charge is -1.98. The normalized spacial score (nSPS) is 6.31. The minimum atomic E-state index is -0.923. The maximum Gasteiger partial charge on any atom is 0.335 e. The molecule has 1 rings (SSSR count). The van der Waals surface area contributed by atoms with E-state index in [4.69, 9.17) is 9.84 Å². The molecule has 0 bridgehead atoms. The fraction of sp³-hybridized carbons (Fsp3) is 0.125. The second kappa shape index (κ2) is 13.3. The number of carbonyl (C=O) groups is 1. The van der Waals surface area contributed by atoms with E-state index in [1.165, 1.54) is 19.2 Å². The van der Waals surface area contributed by atoms with Gasteiger partial charge in [0.25, 0.3) is 0 Å². The maximum atomic E-state index is 10.4. The fourth-order valence-electron chi connectivity index (χ4n) is 0.734. The zero-order valence-corrected chi connectivity index (χ0v) is 8.57. The predicted octanol–water partition coefficient (Wildman–Crippen LogP) is -2.73. The highest BCUT2D eigenvalue weighted by Crippen LogP contribution is 2.10. The Balaban J connectivity index is -0.0000000807. The molecule has 0 radical (unpaired) electrons. The third-order valence-corrected chi connectivity index (χ3v) is 1.34. The molecule has 0 saturated carbocycles. The lowest BCUT2D eigenvalue weighted by atomic mass is 10.2. The van der Waals surface area contributed by atoms with Gasteiger partial charge in [-0.1, -0.05) is 0 Å². The summed E-state index contributed by atoms with van der Waals surface area (Å²) < 4.78 is 4.86. The Bertz CT molecular complexity index is 257. The van der Waals surface area contributed by atoms with Crippen LogP contribution in [-0.2, 0) is 0 Å². The van der Waals surface area contributed by atoms with Gasteiger partial charge in [0.1, 0.15) is 5.75 Å². The quantitative estimate of drug-likeness (QED) is 0.586. The number of rotatable bonds is 2. The third kappa shape index (κ3) is 7.67. The lowest BCUT2D eigenvalue weighted by molar-refractivity contribution is 0.0697. The lowest BCUT2D eigenvalue weighted by Crippen LogP contribution is -1.95. The molecule has 0 aliphatic heterocycles. The number of methoxy groups -OCH3 is 1. The van der Waals surface area contributed by atoms with Crippen LogP contribution in [0, 0.1) is 0 Å². The number of hydrogen-bond donors (Lipinski definition) is 1. The Hall–Kier alpha value is -1.71. The Morgan fingerprint density at radius 2 is 1.38 bits per heavy atom. The molecule has 8 heteroatoms. The van der Waals surface area contributed by atoms with Crippen molar-refractivity contribution in [3.8, 4) is 5.75 Å². The first-order chi connectivity index (χ1) is 5.24. The number of aromatic carboxylic acids is 1. The minimum Gasteiger partial charge on any atom is -0.497 e. The van der Waals surface area contributed by atoms with Gasteiger partial charge in [-0.2, -0.15) is 0 Å². The summed E-state index contributed by atoms with van der Waals surface area (Å²) in [5.41, 5.74) is 0.269. The highest BCUT2D eigenvalue weighted by Gasteiger charge is 2.00. The zero-order chi connectivity index (χ0) is 8.27. The molecular weight excluding hydrogens is 224 g/mol. The molecule has 0 aromatic heterocycles. The number of ether oxygens (including phenoxy) is 1. The van der Waals surface area contributed by atoms with Gasteiger partial charge >= 0.3 is 5.97 Å². The van der Waals surface area contributed by atoms with E-state index in [2.05, 4.69) is 0 Å².